The first-order valence-electron chi connectivity index (χ1n) is 10.7. The molecule has 2 aromatic carbocycles. The Hall–Kier alpha value is -3.67. The van der Waals surface area contributed by atoms with E-state index < -0.39 is 6.04 Å². The van der Waals surface area contributed by atoms with Crippen LogP contribution in [0.3, 0.4) is 0 Å². The Morgan fingerprint density at radius 1 is 0.969 bits per heavy atom. The van der Waals surface area contributed by atoms with E-state index in [4.69, 9.17) is 4.74 Å². The molecule has 0 radical (unpaired) electrons. The summed E-state index contributed by atoms with van der Waals surface area (Å²) in [4.78, 5) is 32.6. The van der Waals surface area contributed by atoms with Crippen LogP contribution in [0.25, 0.3) is 0 Å². The maximum atomic E-state index is 13.4. The molecule has 6 nitrogen and oxygen atoms in total. The molecule has 0 saturated carbocycles. The Labute approximate surface area is 189 Å². The molecule has 1 aromatic heterocycles. The Morgan fingerprint density at radius 3 is 2.25 bits per heavy atom. The third kappa shape index (κ3) is 5.94. The molecule has 1 atom stereocenters. The van der Waals surface area contributed by atoms with Gasteiger partial charge in [0.05, 0.1) is 19.3 Å². The first-order chi connectivity index (χ1) is 15.5. The molecule has 0 aliphatic heterocycles. The maximum Gasteiger partial charge on any atom is 0.247 e. The number of benzene rings is 2. The highest BCUT2D eigenvalue weighted by atomic mass is 16.5. The average molecular weight is 432 g/mol. The van der Waals surface area contributed by atoms with Crippen molar-refractivity contribution in [1.29, 1.82) is 0 Å². The van der Waals surface area contributed by atoms with Gasteiger partial charge in [-0.15, -0.1) is 0 Å². The standard InChI is InChI=1S/C26H29N3O3/c1-19(2)26(31)29(18-20-12-14-23(32-3)15-13-20)24(21-9-5-4-6-10-21)25(30)28-17-22-11-7-8-16-27-22/h4-16,19,24H,17-18H2,1-3H3,(H,28,30). The molecule has 0 aliphatic rings. The zero-order chi connectivity index (χ0) is 22.9. The third-order valence-corrected chi connectivity index (χ3v) is 5.13. The van der Waals surface area contributed by atoms with Gasteiger partial charge in [0.25, 0.3) is 0 Å². The Morgan fingerprint density at radius 2 is 1.66 bits per heavy atom. The molecule has 0 saturated heterocycles. The summed E-state index contributed by atoms with van der Waals surface area (Å²) in [7, 11) is 1.61. The molecule has 3 aromatic rings. The van der Waals surface area contributed by atoms with Crippen LogP contribution >= 0.6 is 0 Å². The molecule has 32 heavy (non-hydrogen) atoms. The highest BCUT2D eigenvalue weighted by Crippen LogP contribution is 2.26. The number of methoxy groups -OCH3 is 1. The molecule has 3 rings (SSSR count). The maximum absolute atomic E-state index is 13.4. The van der Waals surface area contributed by atoms with Crippen molar-refractivity contribution in [3.05, 3.63) is 95.8 Å². The predicted molar refractivity (Wildman–Crippen MR) is 124 cm³/mol. The van der Waals surface area contributed by atoms with Crippen LogP contribution in [-0.2, 0) is 22.7 Å². The summed E-state index contributed by atoms with van der Waals surface area (Å²) in [5.41, 5.74) is 2.43. The number of nitrogens with one attached hydrogen (secondary N) is 1. The summed E-state index contributed by atoms with van der Waals surface area (Å²) < 4.78 is 5.24. The van der Waals surface area contributed by atoms with E-state index in [9.17, 15) is 9.59 Å². The monoisotopic (exact) mass is 431 g/mol. The van der Waals surface area contributed by atoms with Gasteiger partial charge in [-0.2, -0.15) is 0 Å². The lowest BCUT2D eigenvalue weighted by molar-refractivity contribution is -0.144. The van der Waals surface area contributed by atoms with Gasteiger partial charge in [0.2, 0.25) is 11.8 Å². The zero-order valence-electron chi connectivity index (χ0n) is 18.7. The van der Waals surface area contributed by atoms with Crippen LogP contribution in [0.1, 0.15) is 36.7 Å². The van der Waals surface area contributed by atoms with Crippen LogP contribution in [0.15, 0.2) is 79.0 Å². The summed E-state index contributed by atoms with van der Waals surface area (Å²) in [6, 6.07) is 21.7. The van der Waals surface area contributed by atoms with Crippen LogP contribution in [0.2, 0.25) is 0 Å². The van der Waals surface area contributed by atoms with E-state index in [1.54, 1.807) is 18.2 Å². The number of ether oxygens (including phenoxy) is 1. The molecule has 166 valence electrons. The lowest BCUT2D eigenvalue weighted by atomic mass is 10.0. The van der Waals surface area contributed by atoms with Gasteiger partial charge >= 0.3 is 0 Å². The van der Waals surface area contributed by atoms with Crippen LogP contribution in [0.5, 0.6) is 5.75 Å². The number of carbonyl (C=O) groups is 2. The van der Waals surface area contributed by atoms with E-state index in [0.29, 0.717) is 6.54 Å². The number of amides is 2. The second kappa shape index (κ2) is 11.1. The van der Waals surface area contributed by atoms with Gasteiger partial charge in [-0.05, 0) is 35.4 Å². The lowest BCUT2D eigenvalue weighted by Crippen LogP contribution is -2.44. The second-order valence-corrected chi connectivity index (χ2v) is 7.82. The van der Waals surface area contributed by atoms with Crippen LogP contribution < -0.4 is 10.1 Å². The smallest absolute Gasteiger partial charge is 0.247 e. The molecule has 1 heterocycles. The normalized spacial score (nSPS) is 11.6. The fraction of sp³-hybridized carbons (Fsp3) is 0.269. The zero-order valence-corrected chi connectivity index (χ0v) is 18.7. The van der Waals surface area contributed by atoms with Gasteiger partial charge in [-0.3, -0.25) is 14.6 Å². The van der Waals surface area contributed by atoms with E-state index in [0.717, 1.165) is 22.6 Å². The van der Waals surface area contributed by atoms with Gasteiger partial charge in [0.15, 0.2) is 0 Å². The number of aromatic nitrogens is 1. The average Bonchev–Trinajstić information content (AvgIpc) is 2.83. The molecular formula is C26H29N3O3. The molecule has 2 amide bonds. The summed E-state index contributed by atoms with van der Waals surface area (Å²) in [5, 5.41) is 2.96. The van der Waals surface area contributed by atoms with E-state index in [1.165, 1.54) is 0 Å². The Kier molecular flexibility index (Phi) is 7.97. The second-order valence-electron chi connectivity index (χ2n) is 7.82. The van der Waals surface area contributed by atoms with Crippen molar-refractivity contribution in [3.63, 3.8) is 0 Å². The Bertz CT molecular complexity index is 1010. The number of pyridine rings is 1. The first kappa shape index (κ1) is 23.0. The van der Waals surface area contributed by atoms with Crippen molar-refractivity contribution in [2.24, 2.45) is 5.92 Å². The van der Waals surface area contributed by atoms with Crippen molar-refractivity contribution >= 4 is 11.8 Å². The van der Waals surface area contributed by atoms with E-state index in [2.05, 4.69) is 10.3 Å². The van der Waals surface area contributed by atoms with Crippen LogP contribution in [0, 0.1) is 5.92 Å². The van der Waals surface area contributed by atoms with Crippen molar-refractivity contribution < 1.29 is 14.3 Å². The molecule has 6 heteroatoms. The molecule has 0 spiro atoms. The molecular weight excluding hydrogens is 402 g/mol. The minimum Gasteiger partial charge on any atom is -0.497 e. The van der Waals surface area contributed by atoms with Crippen LogP contribution in [0.4, 0.5) is 0 Å². The number of nitrogens with zero attached hydrogens (tertiary/aromatic N) is 2. The SMILES string of the molecule is COc1ccc(CN(C(=O)C(C)C)C(C(=O)NCc2ccccn2)c2ccccc2)cc1. The van der Waals surface area contributed by atoms with Crippen molar-refractivity contribution in [3.8, 4) is 5.75 Å². The fourth-order valence-corrected chi connectivity index (χ4v) is 3.44. The number of carbonyl (C=O) groups excluding carboxylic acids is 2. The van der Waals surface area contributed by atoms with Crippen molar-refractivity contribution in [2.45, 2.75) is 33.0 Å². The first-order valence-corrected chi connectivity index (χ1v) is 10.7. The van der Waals surface area contributed by atoms with Gasteiger partial charge in [-0.25, -0.2) is 0 Å². The summed E-state index contributed by atoms with van der Waals surface area (Å²) in [5.74, 6) is 0.137. The summed E-state index contributed by atoms with van der Waals surface area (Å²) in [6.07, 6.45) is 1.69. The van der Waals surface area contributed by atoms with Gasteiger partial charge < -0.3 is 15.0 Å². The van der Waals surface area contributed by atoms with E-state index >= 15 is 0 Å². The van der Waals surface area contributed by atoms with Crippen molar-refractivity contribution in [1.82, 2.24) is 15.2 Å². The van der Waals surface area contributed by atoms with Crippen LogP contribution in [-0.4, -0.2) is 28.8 Å². The van der Waals surface area contributed by atoms with Gasteiger partial charge in [0, 0.05) is 18.7 Å². The molecule has 0 bridgehead atoms. The molecule has 1 N–H and O–H groups in total. The van der Waals surface area contributed by atoms with Gasteiger partial charge in [0.1, 0.15) is 11.8 Å². The summed E-state index contributed by atoms with van der Waals surface area (Å²) >= 11 is 0. The highest BCUT2D eigenvalue weighted by molar-refractivity contribution is 5.89. The summed E-state index contributed by atoms with van der Waals surface area (Å²) in [6.45, 7) is 4.28. The molecule has 0 aliphatic carbocycles. The minimum atomic E-state index is -0.767. The third-order valence-electron chi connectivity index (χ3n) is 5.13. The number of hydrogen-bond donors (Lipinski definition) is 1. The highest BCUT2D eigenvalue weighted by Gasteiger charge is 2.32. The largest absolute Gasteiger partial charge is 0.497 e. The fourth-order valence-electron chi connectivity index (χ4n) is 3.44. The lowest BCUT2D eigenvalue weighted by Gasteiger charge is -2.33. The van der Waals surface area contributed by atoms with E-state index in [1.807, 2.05) is 86.6 Å². The molecule has 0 fully saturated rings. The topological polar surface area (TPSA) is 71.5 Å². The minimum absolute atomic E-state index is 0.0948. The number of rotatable bonds is 9. The van der Waals surface area contributed by atoms with E-state index in [-0.39, 0.29) is 24.3 Å². The van der Waals surface area contributed by atoms with Crippen molar-refractivity contribution in [2.75, 3.05) is 7.11 Å². The molecule has 1 unspecified atom stereocenters. The quantitative estimate of drug-likeness (QED) is 0.553. The van der Waals surface area contributed by atoms with Gasteiger partial charge in [-0.1, -0.05) is 62.4 Å². The number of hydrogen-bond acceptors (Lipinski definition) is 4. The predicted octanol–water partition coefficient (Wildman–Crippen LogP) is 4.13. The Balaban J connectivity index is 1.92.